The number of aromatic hydroxyl groups is 1. The van der Waals surface area contributed by atoms with Gasteiger partial charge in [0.25, 0.3) is 0 Å². The van der Waals surface area contributed by atoms with E-state index in [1.807, 2.05) is 24.3 Å². The molecule has 7 heteroatoms. The van der Waals surface area contributed by atoms with Crippen LogP contribution in [0.1, 0.15) is 20.8 Å². The molecule has 4 aromatic rings. The Bertz CT molecular complexity index is 1170. The van der Waals surface area contributed by atoms with E-state index < -0.39 is 0 Å². The summed E-state index contributed by atoms with van der Waals surface area (Å²) in [5, 5.41) is 13.6. The molecule has 0 radical (unpaired) electrons. The highest BCUT2D eigenvalue weighted by Crippen LogP contribution is 2.40. The summed E-state index contributed by atoms with van der Waals surface area (Å²) in [6.45, 7) is 6.35. The molecule has 0 amide bonds. The zero-order chi connectivity index (χ0) is 20.1. The highest BCUT2D eigenvalue weighted by Gasteiger charge is 2.23. The average molecular weight is 398 g/mol. The predicted octanol–water partition coefficient (Wildman–Crippen LogP) is 5.15. The molecule has 2 aromatic heterocycles. The fourth-order valence-electron chi connectivity index (χ4n) is 3.17. The second kappa shape index (κ2) is 6.60. The molecule has 4 rings (SSSR count). The molecule has 146 valence electrons. The lowest BCUT2D eigenvalue weighted by Gasteiger charge is -2.22. The molecule has 0 atom stereocenters. The van der Waals surface area contributed by atoms with E-state index in [0.717, 1.165) is 38.0 Å². The first-order valence-electron chi connectivity index (χ1n) is 8.95. The van der Waals surface area contributed by atoms with E-state index in [1.54, 1.807) is 37.7 Å². The molecule has 2 N–H and O–H groups in total. The van der Waals surface area contributed by atoms with E-state index >= 15 is 0 Å². The first-order valence-corrected chi connectivity index (χ1v) is 9.77. The van der Waals surface area contributed by atoms with E-state index in [2.05, 4.69) is 30.5 Å². The fourth-order valence-corrected chi connectivity index (χ4v) is 4.23. The molecule has 6 nitrogen and oxygen atoms in total. The molecule has 2 aromatic carbocycles. The first-order chi connectivity index (χ1) is 13.3. The van der Waals surface area contributed by atoms with Crippen LogP contribution in [0, 0.1) is 0 Å². The van der Waals surface area contributed by atoms with Gasteiger partial charge in [-0.3, -0.25) is 4.40 Å². The lowest BCUT2D eigenvalue weighted by atomic mass is 10.1. The van der Waals surface area contributed by atoms with Gasteiger partial charge in [0.2, 0.25) is 0 Å². The molecular weight excluding hydrogens is 374 g/mol. The highest BCUT2D eigenvalue weighted by atomic mass is 32.1. The van der Waals surface area contributed by atoms with Gasteiger partial charge in [0.05, 0.1) is 24.4 Å². The normalized spacial score (nSPS) is 11.9. The highest BCUT2D eigenvalue weighted by molar-refractivity contribution is 7.23. The Morgan fingerprint density at radius 3 is 2.54 bits per heavy atom. The largest absolute Gasteiger partial charge is 0.504 e. The summed E-state index contributed by atoms with van der Waals surface area (Å²) in [4.78, 5) is 5.79. The Hall–Kier alpha value is -2.93. The fraction of sp³-hybridized carbons (Fsp3) is 0.286. The molecule has 28 heavy (non-hydrogen) atoms. The van der Waals surface area contributed by atoms with E-state index in [0.29, 0.717) is 5.75 Å². The van der Waals surface area contributed by atoms with E-state index in [1.165, 1.54) is 0 Å². The number of phenols is 1. The third kappa shape index (κ3) is 3.11. The Balaban J connectivity index is 1.99. The van der Waals surface area contributed by atoms with Crippen molar-refractivity contribution in [3.8, 4) is 28.5 Å². The molecule has 2 heterocycles. The van der Waals surface area contributed by atoms with Crippen molar-refractivity contribution in [1.82, 2.24) is 9.38 Å². The van der Waals surface area contributed by atoms with Crippen molar-refractivity contribution in [3.63, 3.8) is 0 Å². The summed E-state index contributed by atoms with van der Waals surface area (Å²) in [5.74, 6) is 2.26. The van der Waals surface area contributed by atoms with Crippen LogP contribution in [0.2, 0.25) is 0 Å². The van der Waals surface area contributed by atoms with Crippen LogP contribution in [-0.2, 0) is 0 Å². The van der Waals surface area contributed by atoms with Crippen molar-refractivity contribution in [3.05, 3.63) is 36.4 Å². The van der Waals surface area contributed by atoms with E-state index in [-0.39, 0.29) is 11.3 Å². The number of nitrogens with one attached hydrogen (secondary N) is 1. The molecule has 0 bridgehead atoms. The zero-order valence-corrected chi connectivity index (χ0v) is 17.3. The molecule has 0 fully saturated rings. The van der Waals surface area contributed by atoms with Gasteiger partial charge >= 0.3 is 0 Å². The minimum Gasteiger partial charge on any atom is -0.504 e. The lowest BCUT2D eigenvalue weighted by Crippen LogP contribution is -2.27. The lowest BCUT2D eigenvalue weighted by molar-refractivity contribution is 0.373. The summed E-state index contributed by atoms with van der Waals surface area (Å²) in [5.41, 5.74) is 2.60. The van der Waals surface area contributed by atoms with E-state index in [9.17, 15) is 5.11 Å². The molecule has 0 saturated heterocycles. The van der Waals surface area contributed by atoms with Crippen molar-refractivity contribution in [2.75, 3.05) is 19.5 Å². The number of ether oxygens (including phenoxy) is 2. The minimum atomic E-state index is -0.160. The molecule has 0 aliphatic carbocycles. The quantitative estimate of drug-likeness (QED) is 0.498. The summed E-state index contributed by atoms with van der Waals surface area (Å²) in [6, 6.07) is 11.3. The van der Waals surface area contributed by atoms with Crippen molar-refractivity contribution in [1.29, 1.82) is 0 Å². The molecule has 0 spiro atoms. The van der Waals surface area contributed by atoms with Gasteiger partial charge in [-0.2, -0.15) is 0 Å². The Morgan fingerprint density at radius 2 is 1.86 bits per heavy atom. The van der Waals surface area contributed by atoms with Crippen molar-refractivity contribution in [2.45, 2.75) is 26.3 Å². The van der Waals surface area contributed by atoms with Gasteiger partial charge in [0, 0.05) is 11.1 Å². The topological polar surface area (TPSA) is 68.0 Å². The molecular formula is C21H23N3O3S. The van der Waals surface area contributed by atoms with Crippen LogP contribution in [0.4, 0.5) is 5.82 Å². The Morgan fingerprint density at radius 1 is 1.07 bits per heavy atom. The monoisotopic (exact) mass is 397 g/mol. The SMILES string of the molecule is COc1ccc2c(c1)sc1nc(-c3ccc(O)c(OC)c3)c(NC(C)(C)C)n12. The number of benzene rings is 2. The number of fused-ring (bicyclic) bond motifs is 3. The van der Waals surface area contributed by atoms with Crippen molar-refractivity contribution in [2.24, 2.45) is 0 Å². The summed E-state index contributed by atoms with van der Waals surface area (Å²) in [6.07, 6.45) is 0. The molecule has 0 unspecified atom stereocenters. The number of imidazole rings is 1. The smallest absolute Gasteiger partial charge is 0.197 e. The average Bonchev–Trinajstić information content (AvgIpc) is 3.17. The van der Waals surface area contributed by atoms with Gasteiger partial charge in [0.15, 0.2) is 16.5 Å². The zero-order valence-electron chi connectivity index (χ0n) is 16.5. The summed E-state index contributed by atoms with van der Waals surface area (Å²) < 4.78 is 13.9. The van der Waals surface area contributed by atoms with Gasteiger partial charge < -0.3 is 19.9 Å². The summed E-state index contributed by atoms with van der Waals surface area (Å²) >= 11 is 1.61. The van der Waals surface area contributed by atoms with Crippen LogP contribution in [-0.4, -0.2) is 34.2 Å². The Labute approximate surface area is 167 Å². The number of nitrogens with zero attached hydrogens (tertiary/aromatic N) is 2. The second-order valence-corrected chi connectivity index (χ2v) is 8.63. The van der Waals surface area contributed by atoms with Gasteiger partial charge in [0.1, 0.15) is 17.3 Å². The van der Waals surface area contributed by atoms with Crippen LogP contribution in [0.5, 0.6) is 17.2 Å². The summed E-state index contributed by atoms with van der Waals surface area (Å²) in [7, 11) is 3.21. The number of anilines is 1. The maximum absolute atomic E-state index is 9.95. The van der Waals surface area contributed by atoms with Gasteiger partial charge in [-0.1, -0.05) is 11.3 Å². The third-order valence-electron chi connectivity index (χ3n) is 4.40. The number of methoxy groups -OCH3 is 2. The first kappa shape index (κ1) is 18.4. The van der Waals surface area contributed by atoms with Gasteiger partial charge in [-0.15, -0.1) is 0 Å². The number of hydrogen-bond acceptors (Lipinski definition) is 6. The van der Waals surface area contributed by atoms with Crippen molar-refractivity contribution >= 4 is 32.3 Å². The Kier molecular flexibility index (Phi) is 4.34. The minimum absolute atomic E-state index is 0.107. The second-order valence-electron chi connectivity index (χ2n) is 7.62. The number of thiazole rings is 1. The van der Waals surface area contributed by atoms with Crippen LogP contribution < -0.4 is 14.8 Å². The maximum atomic E-state index is 9.95. The van der Waals surface area contributed by atoms with Gasteiger partial charge in [-0.05, 0) is 57.2 Å². The standard InChI is InChI=1S/C21H23N3O3S/c1-21(2,3)23-19-18(12-6-9-15(25)16(10-12)27-5)22-20-24(19)14-8-7-13(26-4)11-17(14)28-20/h6-11,23,25H,1-5H3. The van der Waals surface area contributed by atoms with E-state index in [4.69, 9.17) is 14.5 Å². The van der Waals surface area contributed by atoms with Crippen LogP contribution in [0.25, 0.3) is 26.4 Å². The third-order valence-corrected chi connectivity index (χ3v) is 5.41. The van der Waals surface area contributed by atoms with Crippen LogP contribution in [0.3, 0.4) is 0 Å². The maximum Gasteiger partial charge on any atom is 0.197 e. The molecule has 0 saturated carbocycles. The number of rotatable bonds is 4. The molecule has 0 aliphatic rings. The van der Waals surface area contributed by atoms with Crippen molar-refractivity contribution < 1.29 is 14.6 Å². The number of hydrogen-bond donors (Lipinski definition) is 2. The van der Waals surface area contributed by atoms with Gasteiger partial charge in [-0.25, -0.2) is 4.98 Å². The number of phenolic OH excluding ortho intramolecular Hbond substituents is 1. The van der Waals surface area contributed by atoms with Crippen LogP contribution >= 0.6 is 11.3 Å². The van der Waals surface area contributed by atoms with Crippen LogP contribution in [0.15, 0.2) is 36.4 Å². The number of aromatic nitrogens is 2. The molecule has 0 aliphatic heterocycles. The predicted molar refractivity (Wildman–Crippen MR) is 114 cm³/mol.